The number of hydrogen-bond acceptors (Lipinski definition) is 2. The highest BCUT2D eigenvalue weighted by Gasteiger charge is 2.20. The smallest absolute Gasteiger partial charge is 0.138 e. The maximum atomic E-state index is 6.42. The number of nitrogens with one attached hydrogen (secondary N) is 1. The summed E-state index contributed by atoms with van der Waals surface area (Å²) >= 11 is 16.3. The average molecular weight is 389 g/mol. The molecular weight excluding hydrogens is 373 g/mol. The first kappa shape index (κ1) is 16.6. The van der Waals surface area contributed by atoms with E-state index in [-0.39, 0.29) is 6.04 Å². The second-order valence-electron chi connectivity index (χ2n) is 4.52. The molecule has 2 nitrogen and oxygen atoms in total. The Morgan fingerprint density at radius 1 is 1.14 bits per heavy atom. The topological polar surface area (TPSA) is 21.3 Å². The third-order valence-electron chi connectivity index (χ3n) is 3.21. The van der Waals surface area contributed by atoms with E-state index in [4.69, 9.17) is 27.9 Å². The normalized spacial score (nSPS) is 12.2. The molecule has 0 saturated heterocycles. The summed E-state index contributed by atoms with van der Waals surface area (Å²) in [5, 5.41) is 4.62. The minimum atomic E-state index is -0.0403. The number of halogens is 3. The summed E-state index contributed by atoms with van der Waals surface area (Å²) in [4.78, 5) is 0. The first-order chi connectivity index (χ1) is 10.1. The predicted octanol–water partition coefficient (Wildman–Crippen LogP) is 5.46. The van der Waals surface area contributed by atoms with Gasteiger partial charge in [-0.3, -0.25) is 0 Å². The van der Waals surface area contributed by atoms with Crippen molar-refractivity contribution in [3.63, 3.8) is 0 Å². The summed E-state index contributed by atoms with van der Waals surface area (Å²) in [6, 6.07) is 11.6. The molecule has 2 rings (SSSR count). The number of ether oxygens (including phenoxy) is 1. The number of benzene rings is 2. The van der Waals surface area contributed by atoms with Gasteiger partial charge in [0.25, 0.3) is 0 Å². The molecule has 0 heterocycles. The number of hydrogen-bond donors (Lipinski definition) is 1. The highest BCUT2D eigenvalue weighted by atomic mass is 79.9. The monoisotopic (exact) mass is 387 g/mol. The molecule has 21 heavy (non-hydrogen) atoms. The van der Waals surface area contributed by atoms with Crippen molar-refractivity contribution in [3.05, 3.63) is 62.0 Å². The third-order valence-corrected chi connectivity index (χ3v) is 4.55. The predicted molar refractivity (Wildman–Crippen MR) is 92.7 cm³/mol. The SMILES string of the molecule is CCNC(c1cc(Cl)c(OC)cc1Cl)c1ccccc1Br. The van der Waals surface area contributed by atoms with Crippen molar-refractivity contribution >= 4 is 39.1 Å². The summed E-state index contributed by atoms with van der Waals surface area (Å²) in [7, 11) is 1.58. The van der Waals surface area contributed by atoms with Crippen LogP contribution in [0.1, 0.15) is 24.1 Å². The van der Waals surface area contributed by atoms with Crippen molar-refractivity contribution in [2.45, 2.75) is 13.0 Å². The average Bonchev–Trinajstić information content (AvgIpc) is 2.48. The van der Waals surface area contributed by atoms with Gasteiger partial charge in [0.05, 0.1) is 18.2 Å². The van der Waals surface area contributed by atoms with Gasteiger partial charge in [-0.1, -0.05) is 64.3 Å². The highest BCUT2D eigenvalue weighted by Crippen LogP contribution is 2.37. The van der Waals surface area contributed by atoms with Gasteiger partial charge in [0.2, 0.25) is 0 Å². The van der Waals surface area contributed by atoms with Gasteiger partial charge in [0, 0.05) is 15.6 Å². The lowest BCUT2D eigenvalue weighted by molar-refractivity contribution is 0.414. The second-order valence-corrected chi connectivity index (χ2v) is 6.19. The minimum absolute atomic E-state index is 0.0403. The fraction of sp³-hybridized carbons (Fsp3) is 0.250. The zero-order valence-electron chi connectivity index (χ0n) is 11.8. The molecule has 1 N–H and O–H groups in total. The lowest BCUT2D eigenvalue weighted by Gasteiger charge is -2.22. The molecule has 0 radical (unpaired) electrons. The summed E-state index contributed by atoms with van der Waals surface area (Å²) in [6.07, 6.45) is 0. The molecule has 0 aliphatic carbocycles. The van der Waals surface area contributed by atoms with Gasteiger partial charge in [-0.25, -0.2) is 0 Å². The van der Waals surface area contributed by atoms with E-state index < -0.39 is 0 Å². The molecule has 112 valence electrons. The number of methoxy groups -OCH3 is 1. The van der Waals surface area contributed by atoms with E-state index in [0.29, 0.717) is 15.8 Å². The van der Waals surface area contributed by atoms with Crippen LogP contribution in [0.2, 0.25) is 10.0 Å². The van der Waals surface area contributed by atoms with Crippen molar-refractivity contribution in [1.29, 1.82) is 0 Å². The molecule has 0 spiro atoms. The summed E-state index contributed by atoms with van der Waals surface area (Å²) < 4.78 is 6.23. The Morgan fingerprint density at radius 3 is 2.48 bits per heavy atom. The standard InChI is InChI=1S/C16H16BrCl2NO/c1-3-20-16(10-6-4-5-7-12(10)17)11-8-14(19)15(21-2)9-13(11)18/h4-9,16,20H,3H2,1-2H3. The minimum Gasteiger partial charge on any atom is -0.495 e. The van der Waals surface area contributed by atoms with Crippen molar-refractivity contribution in [2.24, 2.45) is 0 Å². The molecule has 0 fully saturated rings. The van der Waals surface area contributed by atoms with Crippen molar-refractivity contribution in [1.82, 2.24) is 5.32 Å². The van der Waals surface area contributed by atoms with Crippen LogP contribution < -0.4 is 10.1 Å². The van der Waals surface area contributed by atoms with Gasteiger partial charge in [0.1, 0.15) is 5.75 Å². The molecule has 0 saturated carbocycles. The largest absolute Gasteiger partial charge is 0.495 e. The van der Waals surface area contributed by atoms with Gasteiger partial charge >= 0.3 is 0 Å². The van der Waals surface area contributed by atoms with E-state index in [2.05, 4.69) is 34.2 Å². The van der Waals surface area contributed by atoms with Crippen LogP contribution in [0.5, 0.6) is 5.75 Å². The molecule has 0 aliphatic rings. The molecule has 0 aromatic heterocycles. The summed E-state index contributed by atoms with van der Waals surface area (Å²) in [5.41, 5.74) is 2.04. The van der Waals surface area contributed by atoms with Crippen molar-refractivity contribution < 1.29 is 4.74 Å². The maximum absolute atomic E-state index is 6.42. The van der Waals surface area contributed by atoms with Gasteiger partial charge < -0.3 is 10.1 Å². The third kappa shape index (κ3) is 3.72. The molecule has 0 aliphatic heterocycles. The van der Waals surface area contributed by atoms with E-state index in [0.717, 1.165) is 22.1 Å². The molecule has 0 amide bonds. The lowest BCUT2D eigenvalue weighted by atomic mass is 9.98. The van der Waals surface area contributed by atoms with Crippen LogP contribution in [0.25, 0.3) is 0 Å². The summed E-state index contributed by atoms with van der Waals surface area (Å²) in [5.74, 6) is 0.577. The maximum Gasteiger partial charge on any atom is 0.138 e. The lowest BCUT2D eigenvalue weighted by Crippen LogP contribution is -2.22. The Kier molecular flexibility index (Phi) is 5.94. The second kappa shape index (κ2) is 7.50. The van der Waals surface area contributed by atoms with Gasteiger partial charge in [-0.05, 0) is 29.8 Å². The van der Waals surface area contributed by atoms with Gasteiger partial charge in [0.15, 0.2) is 0 Å². The van der Waals surface area contributed by atoms with Crippen LogP contribution in [0, 0.1) is 0 Å². The van der Waals surface area contributed by atoms with Gasteiger partial charge in [-0.15, -0.1) is 0 Å². The van der Waals surface area contributed by atoms with Crippen molar-refractivity contribution in [2.75, 3.05) is 13.7 Å². The van der Waals surface area contributed by atoms with Crippen LogP contribution >= 0.6 is 39.1 Å². The van der Waals surface area contributed by atoms with E-state index in [1.54, 1.807) is 13.2 Å². The Labute approximate surface area is 143 Å². The molecule has 2 aromatic rings. The molecule has 2 aromatic carbocycles. The van der Waals surface area contributed by atoms with Crippen LogP contribution in [-0.2, 0) is 0 Å². The first-order valence-electron chi connectivity index (χ1n) is 6.59. The zero-order valence-corrected chi connectivity index (χ0v) is 14.9. The van der Waals surface area contributed by atoms with E-state index >= 15 is 0 Å². The van der Waals surface area contributed by atoms with E-state index in [9.17, 15) is 0 Å². The Morgan fingerprint density at radius 2 is 1.86 bits per heavy atom. The highest BCUT2D eigenvalue weighted by molar-refractivity contribution is 9.10. The fourth-order valence-electron chi connectivity index (χ4n) is 2.22. The van der Waals surface area contributed by atoms with Crippen LogP contribution in [0.15, 0.2) is 40.9 Å². The fourth-order valence-corrected chi connectivity index (χ4v) is 3.25. The van der Waals surface area contributed by atoms with Crippen LogP contribution in [0.3, 0.4) is 0 Å². The van der Waals surface area contributed by atoms with E-state index in [1.165, 1.54) is 0 Å². The first-order valence-corrected chi connectivity index (χ1v) is 8.14. The molecule has 0 bridgehead atoms. The Balaban J connectivity index is 2.53. The molecular formula is C16H16BrCl2NO. The molecule has 5 heteroatoms. The number of rotatable bonds is 5. The van der Waals surface area contributed by atoms with E-state index in [1.807, 2.05) is 24.3 Å². The quantitative estimate of drug-likeness (QED) is 0.733. The Hall–Kier alpha value is -0.740. The Bertz CT molecular complexity index is 634. The van der Waals surface area contributed by atoms with Crippen LogP contribution in [-0.4, -0.2) is 13.7 Å². The van der Waals surface area contributed by atoms with Gasteiger partial charge in [-0.2, -0.15) is 0 Å². The van der Waals surface area contributed by atoms with Crippen LogP contribution in [0.4, 0.5) is 0 Å². The summed E-state index contributed by atoms with van der Waals surface area (Å²) in [6.45, 7) is 2.87. The molecule has 1 atom stereocenters. The van der Waals surface area contributed by atoms with Crippen molar-refractivity contribution in [3.8, 4) is 5.75 Å². The zero-order chi connectivity index (χ0) is 15.4. The molecule has 1 unspecified atom stereocenters.